The molecule has 0 aliphatic rings. The minimum absolute atomic E-state index is 0.0249. The minimum atomic E-state index is -3.90. The predicted molar refractivity (Wildman–Crippen MR) is 116 cm³/mol. The number of aryl methyl sites for hydroxylation is 1. The van der Waals surface area contributed by atoms with Gasteiger partial charge >= 0.3 is 5.97 Å². The van der Waals surface area contributed by atoms with E-state index < -0.39 is 31.8 Å². The number of nitrogens with zero attached hydrogens (tertiary/aromatic N) is 1. The second-order valence-electron chi connectivity index (χ2n) is 6.87. The molecule has 0 amide bonds. The van der Waals surface area contributed by atoms with E-state index in [0.29, 0.717) is 35.7 Å². The second kappa shape index (κ2) is 9.61. The van der Waals surface area contributed by atoms with Crippen LogP contribution in [0.4, 0.5) is 0 Å². The largest absolute Gasteiger partial charge is 0.480 e. The van der Waals surface area contributed by atoms with E-state index in [1.807, 2.05) is 30.3 Å². The number of oxazole rings is 1. The minimum Gasteiger partial charge on any atom is -0.480 e. The van der Waals surface area contributed by atoms with Crippen LogP contribution < -0.4 is 9.86 Å². The highest BCUT2D eigenvalue weighted by Gasteiger charge is 2.19. The van der Waals surface area contributed by atoms with Crippen molar-refractivity contribution < 1.29 is 31.2 Å². The number of primary sulfonamides is 1. The lowest BCUT2D eigenvalue weighted by atomic mass is 10.1. The molecule has 3 rings (SSSR count). The van der Waals surface area contributed by atoms with Crippen LogP contribution in [0.15, 0.2) is 63.9 Å². The first-order valence-corrected chi connectivity index (χ1v) is 12.6. The molecule has 32 heavy (non-hydrogen) atoms. The van der Waals surface area contributed by atoms with Crippen molar-refractivity contribution in [3.63, 3.8) is 0 Å². The Kier molecular flexibility index (Phi) is 7.09. The van der Waals surface area contributed by atoms with Gasteiger partial charge in [-0.1, -0.05) is 30.3 Å². The standard InChI is InChI=1S/C20H21N3O7S2/c21-32(28,29)16-10-8-15(9-11-16)20-19(14-5-2-1-3-6-14)23-17(30-20)7-4-12-22-31(26,27)13-18(24)25/h1-3,5-6,8-11,22H,4,7,12-13H2,(H,24,25)(H2,21,28,29). The average Bonchev–Trinajstić information content (AvgIpc) is 3.15. The Balaban J connectivity index is 1.82. The van der Waals surface area contributed by atoms with Crippen LogP contribution in [0.3, 0.4) is 0 Å². The fraction of sp³-hybridized carbons (Fsp3) is 0.200. The molecule has 1 aromatic heterocycles. The highest BCUT2D eigenvalue weighted by atomic mass is 32.2. The van der Waals surface area contributed by atoms with Crippen molar-refractivity contribution >= 4 is 26.0 Å². The maximum atomic E-state index is 11.6. The number of carboxylic acid groups (broad SMARTS) is 1. The predicted octanol–water partition coefficient (Wildman–Crippen LogP) is 1.59. The Hall–Kier alpha value is -3.06. The smallest absolute Gasteiger partial charge is 0.320 e. The van der Waals surface area contributed by atoms with Gasteiger partial charge in [0.25, 0.3) is 0 Å². The van der Waals surface area contributed by atoms with Crippen LogP contribution >= 0.6 is 0 Å². The molecule has 0 aliphatic heterocycles. The number of benzene rings is 2. The topological polar surface area (TPSA) is 170 Å². The van der Waals surface area contributed by atoms with Crippen molar-refractivity contribution in [3.8, 4) is 22.6 Å². The molecule has 0 saturated carbocycles. The fourth-order valence-corrected chi connectivity index (χ4v) is 4.33. The molecule has 3 aromatic rings. The van der Waals surface area contributed by atoms with Crippen molar-refractivity contribution in [2.24, 2.45) is 5.14 Å². The summed E-state index contributed by atoms with van der Waals surface area (Å²) in [4.78, 5) is 15.1. The molecular formula is C20H21N3O7S2. The quantitative estimate of drug-likeness (QED) is 0.368. The molecule has 0 atom stereocenters. The number of sulfonamides is 2. The lowest BCUT2D eigenvalue weighted by Gasteiger charge is -2.03. The molecule has 0 radical (unpaired) electrons. The molecule has 0 saturated heterocycles. The Morgan fingerprint density at radius 3 is 2.25 bits per heavy atom. The highest BCUT2D eigenvalue weighted by molar-refractivity contribution is 7.90. The van der Waals surface area contributed by atoms with E-state index in [2.05, 4.69) is 9.71 Å². The number of hydrogen-bond donors (Lipinski definition) is 3. The highest BCUT2D eigenvalue weighted by Crippen LogP contribution is 2.33. The van der Waals surface area contributed by atoms with E-state index in [1.54, 1.807) is 12.1 Å². The Bertz CT molecular complexity index is 1300. The van der Waals surface area contributed by atoms with E-state index in [9.17, 15) is 21.6 Å². The van der Waals surface area contributed by atoms with Crippen LogP contribution in [-0.4, -0.2) is 45.2 Å². The number of nitrogens with one attached hydrogen (secondary N) is 1. The molecule has 0 bridgehead atoms. The molecule has 2 aromatic carbocycles. The van der Waals surface area contributed by atoms with Crippen molar-refractivity contribution in [3.05, 3.63) is 60.5 Å². The zero-order valence-electron chi connectivity index (χ0n) is 16.8. The Morgan fingerprint density at radius 1 is 1.00 bits per heavy atom. The molecule has 10 nitrogen and oxygen atoms in total. The summed E-state index contributed by atoms with van der Waals surface area (Å²) in [6.45, 7) is 0.0249. The van der Waals surface area contributed by atoms with Crippen molar-refractivity contribution in [2.75, 3.05) is 12.3 Å². The van der Waals surface area contributed by atoms with Gasteiger partial charge in [-0.2, -0.15) is 0 Å². The number of aromatic nitrogens is 1. The van der Waals surface area contributed by atoms with Crippen LogP contribution in [0.5, 0.6) is 0 Å². The Morgan fingerprint density at radius 2 is 1.66 bits per heavy atom. The monoisotopic (exact) mass is 479 g/mol. The van der Waals surface area contributed by atoms with Crippen molar-refractivity contribution in [2.45, 2.75) is 17.7 Å². The summed E-state index contributed by atoms with van der Waals surface area (Å²) in [5.74, 6) is -1.65. The molecular weight excluding hydrogens is 458 g/mol. The first kappa shape index (κ1) is 23.6. The van der Waals surface area contributed by atoms with Gasteiger partial charge in [0, 0.05) is 24.1 Å². The van der Waals surface area contributed by atoms with Crippen LogP contribution in [0.25, 0.3) is 22.6 Å². The fourth-order valence-electron chi connectivity index (χ4n) is 2.94. The van der Waals surface area contributed by atoms with Gasteiger partial charge < -0.3 is 9.52 Å². The van der Waals surface area contributed by atoms with Crippen LogP contribution in [-0.2, 0) is 31.3 Å². The van der Waals surface area contributed by atoms with Gasteiger partial charge in [-0.05, 0) is 30.7 Å². The second-order valence-corrected chi connectivity index (χ2v) is 10.2. The summed E-state index contributed by atoms with van der Waals surface area (Å²) >= 11 is 0. The summed E-state index contributed by atoms with van der Waals surface area (Å²) in [6, 6.07) is 15.1. The first-order chi connectivity index (χ1) is 15.0. The summed E-state index contributed by atoms with van der Waals surface area (Å²) < 4.78 is 54.3. The molecule has 170 valence electrons. The van der Waals surface area contributed by atoms with Crippen LogP contribution in [0.2, 0.25) is 0 Å². The van der Waals surface area contributed by atoms with E-state index in [-0.39, 0.29) is 11.4 Å². The summed E-state index contributed by atoms with van der Waals surface area (Å²) in [5, 5.41) is 13.8. The van der Waals surface area contributed by atoms with Crippen molar-refractivity contribution in [1.29, 1.82) is 0 Å². The number of rotatable bonds is 10. The van der Waals surface area contributed by atoms with Gasteiger partial charge in [0.05, 0.1) is 4.90 Å². The molecule has 4 N–H and O–H groups in total. The van der Waals surface area contributed by atoms with E-state index in [1.165, 1.54) is 12.1 Å². The summed E-state index contributed by atoms with van der Waals surface area (Å²) in [5.41, 5.74) is 1.93. The Labute approximate surface area is 185 Å². The lowest BCUT2D eigenvalue weighted by molar-refractivity contribution is -0.134. The van der Waals surface area contributed by atoms with E-state index in [4.69, 9.17) is 14.7 Å². The average molecular weight is 480 g/mol. The van der Waals surface area contributed by atoms with Crippen LogP contribution in [0, 0.1) is 0 Å². The molecule has 12 heteroatoms. The molecule has 0 unspecified atom stereocenters. The van der Waals surface area contributed by atoms with Gasteiger partial charge in [-0.25, -0.2) is 31.7 Å². The maximum Gasteiger partial charge on any atom is 0.320 e. The third-order valence-electron chi connectivity index (χ3n) is 4.37. The molecule has 0 spiro atoms. The molecule has 0 aliphatic carbocycles. The number of hydrogen-bond acceptors (Lipinski definition) is 7. The van der Waals surface area contributed by atoms with E-state index >= 15 is 0 Å². The molecule has 0 fully saturated rings. The maximum absolute atomic E-state index is 11.6. The van der Waals surface area contributed by atoms with Gasteiger partial charge in [0.2, 0.25) is 20.0 Å². The van der Waals surface area contributed by atoms with E-state index in [0.717, 1.165) is 5.56 Å². The number of carbonyl (C=O) groups is 1. The number of nitrogens with two attached hydrogens (primary N) is 1. The first-order valence-electron chi connectivity index (χ1n) is 9.43. The summed E-state index contributed by atoms with van der Waals surface area (Å²) in [6.07, 6.45) is 0.627. The zero-order valence-corrected chi connectivity index (χ0v) is 18.4. The lowest BCUT2D eigenvalue weighted by Crippen LogP contribution is -2.30. The SMILES string of the molecule is NS(=O)(=O)c1ccc(-c2oc(CCCNS(=O)(=O)CC(=O)O)nc2-c2ccccc2)cc1. The van der Waals surface area contributed by atoms with Gasteiger partial charge in [0.15, 0.2) is 17.4 Å². The number of aliphatic carboxylic acids is 1. The van der Waals surface area contributed by atoms with Gasteiger partial charge in [0.1, 0.15) is 5.69 Å². The van der Waals surface area contributed by atoms with Crippen LogP contribution in [0.1, 0.15) is 12.3 Å². The third-order valence-corrected chi connectivity index (χ3v) is 6.57. The third kappa shape index (κ3) is 6.23. The van der Waals surface area contributed by atoms with Crippen molar-refractivity contribution in [1.82, 2.24) is 9.71 Å². The number of carboxylic acids is 1. The summed E-state index contributed by atoms with van der Waals surface area (Å²) in [7, 11) is -7.73. The van der Waals surface area contributed by atoms with Gasteiger partial charge in [-0.15, -0.1) is 0 Å². The van der Waals surface area contributed by atoms with Gasteiger partial charge in [-0.3, -0.25) is 4.79 Å². The molecule has 1 heterocycles. The normalized spacial score (nSPS) is 12.0. The zero-order chi connectivity index (χ0) is 23.4.